The van der Waals surface area contributed by atoms with Crippen molar-refractivity contribution in [3.63, 3.8) is 0 Å². The minimum absolute atomic E-state index is 0.0476. The van der Waals surface area contributed by atoms with Crippen molar-refractivity contribution in [1.29, 1.82) is 0 Å². The molecule has 2 aliphatic heterocycles. The molecule has 6 fully saturated rings. The zero-order chi connectivity index (χ0) is 49.4. The van der Waals surface area contributed by atoms with Gasteiger partial charge in [-0.05, 0) is 141 Å². The maximum absolute atomic E-state index is 14.3. The van der Waals surface area contributed by atoms with Crippen LogP contribution in [0.3, 0.4) is 0 Å². The quantitative estimate of drug-likeness (QED) is 0.119. The maximum Gasteiger partial charge on any atom is 0.338 e. The van der Waals surface area contributed by atoms with Crippen molar-refractivity contribution < 1.29 is 47.6 Å². The lowest BCUT2D eigenvalue weighted by molar-refractivity contribution is -0.284. The zero-order valence-electron chi connectivity index (χ0n) is 43.4. The van der Waals surface area contributed by atoms with E-state index in [0.29, 0.717) is 78.2 Å². The van der Waals surface area contributed by atoms with Crippen molar-refractivity contribution in [1.82, 2.24) is 0 Å². The molecule has 4 aliphatic carbocycles. The van der Waals surface area contributed by atoms with Crippen molar-refractivity contribution in [2.75, 3.05) is 6.61 Å². The van der Waals surface area contributed by atoms with E-state index >= 15 is 0 Å². The summed E-state index contributed by atoms with van der Waals surface area (Å²) in [7, 11) is 0. The molecule has 0 aromatic heterocycles. The zero-order valence-corrected chi connectivity index (χ0v) is 43.4. The highest BCUT2D eigenvalue weighted by Crippen LogP contribution is 2.68. The van der Waals surface area contributed by atoms with Crippen LogP contribution in [-0.4, -0.2) is 73.2 Å². The van der Waals surface area contributed by atoms with Gasteiger partial charge in [0, 0.05) is 36.5 Å². The highest BCUT2D eigenvalue weighted by atomic mass is 16.7. The Morgan fingerprint density at radius 3 is 1.93 bits per heavy atom. The van der Waals surface area contributed by atoms with Crippen LogP contribution >= 0.6 is 0 Å². The number of hydrogen-bond acceptors (Lipinski definition) is 10. The SMILES string of the molecule is CCC1O[C@@H](OC2CCC3(C)C(CCC4C3CCC3(C)C4CC(=O)C3[C@H](C)C(=O)CC[C@H](C)CO[C@@H]3OC(CC)[C@H](C)[C@H](OC(=O)c4ccccc4)C3OC(=O)c3ccccc3)C2)C(C)[C@@H](C)[C@H]1C. The van der Waals surface area contributed by atoms with Crippen molar-refractivity contribution in [2.24, 2.45) is 75.9 Å². The molecule has 0 bridgehead atoms. The lowest BCUT2D eigenvalue weighted by Crippen LogP contribution is -2.57. The molecule has 0 amide bonds. The first-order valence-electron chi connectivity index (χ1n) is 27.1. The van der Waals surface area contributed by atoms with Crippen LogP contribution in [0, 0.1) is 75.9 Å². The first kappa shape index (κ1) is 51.9. The molecule has 2 heterocycles. The first-order chi connectivity index (χ1) is 33.0. The Bertz CT molecular complexity index is 2070. The molecule has 4 saturated carbocycles. The van der Waals surface area contributed by atoms with E-state index in [2.05, 4.69) is 41.5 Å². The highest BCUT2D eigenvalue weighted by molar-refractivity contribution is 5.92. The van der Waals surface area contributed by atoms with E-state index in [1.165, 1.54) is 12.8 Å². The number of fused-ring (bicyclic) bond motifs is 5. The number of ketones is 2. The molecule has 6 aliphatic rings. The number of esters is 2. The van der Waals surface area contributed by atoms with Gasteiger partial charge in [-0.25, -0.2) is 9.59 Å². The number of ether oxygens (including phenoxy) is 6. The predicted octanol–water partition coefficient (Wildman–Crippen LogP) is 12.1. The fourth-order valence-corrected chi connectivity index (χ4v) is 14.9. The third kappa shape index (κ3) is 10.4. The smallest absolute Gasteiger partial charge is 0.338 e. The summed E-state index contributed by atoms with van der Waals surface area (Å²) in [4.78, 5) is 55.5. The van der Waals surface area contributed by atoms with E-state index in [0.717, 1.165) is 38.5 Å². The van der Waals surface area contributed by atoms with Gasteiger partial charge in [-0.15, -0.1) is 0 Å². The third-order valence-electron chi connectivity index (χ3n) is 19.6. The normalized spacial score (nSPS) is 40.6. The molecule has 69 heavy (non-hydrogen) atoms. The molecule has 10 nitrogen and oxygen atoms in total. The van der Waals surface area contributed by atoms with Crippen LogP contribution in [0.4, 0.5) is 0 Å². The molecule has 2 aromatic rings. The number of rotatable bonds is 16. The number of carbonyl (C=O) groups excluding carboxylic acids is 4. The second-order valence-electron chi connectivity index (χ2n) is 23.4. The second-order valence-corrected chi connectivity index (χ2v) is 23.4. The molecule has 8 rings (SSSR count). The number of carbonyl (C=O) groups is 4. The Balaban J connectivity index is 0.872. The van der Waals surface area contributed by atoms with Gasteiger partial charge in [0.2, 0.25) is 0 Å². The molecular formula is C59H84O10. The van der Waals surface area contributed by atoms with Crippen LogP contribution < -0.4 is 0 Å². The lowest BCUT2D eigenvalue weighted by Gasteiger charge is -2.61. The van der Waals surface area contributed by atoms with Crippen LogP contribution in [0.1, 0.15) is 167 Å². The van der Waals surface area contributed by atoms with Gasteiger partial charge in [-0.3, -0.25) is 9.59 Å². The van der Waals surface area contributed by atoms with Crippen molar-refractivity contribution in [3.8, 4) is 0 Å². The van der Waals surface area contributed by atoms with Crippen molar-refractivity contribution in [3.05, 3.63) is 71.8 Å². The van der Waals surface area contributed by atoms with E-state index < -0.39 is 30.4 Å². The number of Topliss-reactive ketones (excluding diaryl/α,β-unsaturated/α-hetero) is 2. The summed E-state index contributed by atoms with van der Waals surface area (Å²) in [5.74, 6) is 1.92. The van der Waals surface area contributed by atoms with Crippen LogP contribution in [0.25, 0.3) is 0 Å². The molecule has 20 atom stereocenters. The minimum Gasteiger partial charge on any atom is -0.454 e. The van der Waals surface area contributed by atoms with Gasteiger partial charge >= 0.3 is 11.9 Å². The van der Waals surface area contributed by atoms with Gasteiger partial charge in [0.25, 0.3) is 0 Å². The van der Waals surface area contributed by atoms with Gasteiger partial charge in [0.1, 0.15) is 17.7 Å². The molecule has 2 aromatic carbocycles. The highest BCUT2D eigenvalue weighted by Gasteiger charge is 2.64. The van der Waals surface area contributed by atoms with Gasteiger partial charge in [-0.1, -0.05) is 106 Å². The van der Waals surface area contributed by atoms with E-state index in [1.54, 1.807) is 48.5 Å². The summed E-state index contributed by atoms with van der Waals surface area (Å²) in [5.41, 5.74) is 0.827. The molecule has 380 valence electrons. The molecular weight excluding hydrogens is 869 g/mol. The van der Waals surface area contributed by atoms with Crippen molar-refractivity contribution in [2.45, 2.75) is 189 Å². The average Bonchev–Trinajstić information content (AvgIpc) is 3.63. The van der Waals surface area contributed by atoms with Gasteiger partial charge in [-0.2, -0.15) is 0 Å². The summed E-state index contributed by atoms with van der Waals surface area (Å²) >= 11 is 0. The number of hydrogen-bond donors (Lipinski definition) is 0. The lowest BCUT2D eigenvalue weighted by atomic mass is 9.44. The third-order valence-corrected chi connectivity index (χ3v) is 19.6. The average molecular weight is 953 g/mol. The molecule has 10 heteroatoms. The van der Waals surface area contributed by atoms with Crippen LogP contribution in [-0.2, 0) is 38.0 Å². The minimum atomic E-state index is -1.04. The summed E-state index contributed by atoms with van der Waals surface area (Å²) < 4.78 is 38.7. The Morgan fingerprint density at radius 1 is 0.696 bits per heavy atom. The van der Waals surface area contributed by atoms with Gasteiger partial charge < -0.3 is 28.4 Å². The maximum atomic E-state index is 14.3. The van der Waals surface area contributed by atoms with Gasteiger partial charge in [0.15, 0.2) is 18.7 Å². The summed E-state index contributed by atoms with van der Waals surface area (Å²) in [6, 6.07) is 17.5. The molecule has 2 saturated heterocycles. The molecule has 0 N–H and O–H groups in total. The number of benzene rings is 2. The van der Waals surface area contributed by atoms with Crippen LogP contribution in [0.2, 0.25) is 0 Å². The fraction of sp³-hybridized carbons (Fsp3) is 0.729. The van der Waals surface area contributed by atoms with E-state index in [1.807, 2.05) is 39.8 Å². The first-order valence-corrected chi connectivity index (χ1v) is 27.1. The summed E-state index contributed by atoms with van der Waals surface area (Å²) in [6.45, 7) is 22.4. The predicted molar refractivity (Wildman–Crippen MR) is 265 cm³/mol. The Kier molecular flexibility index (Phi) is 16.3. The molecule has 0 spiro atoms. The van der Waals surface area contributed by atoms with E-state index in [4.69, 9.17) is 28.4 Å². The molecule has 12 unspecified atom stereocenters. The van der Waals surface area contributed by atoms with E-state index in [-0.39, 0.29) is 77.3 Å². The van der Waals surface area contributed by atoms with E-state index in [9.17, 15) is 19.2 Å². The Labute approximate surface area is 413 Å². The second kappa shape index (κ2) is 21.7. The Hall–Kier alpha value is -3.44. The largest absolute Gasteiger partial charge is 0.454 e. The molecule has 0 radical (unpaired) electrons. The standard InChI is InChI=1S/C59H84O10/c1-11-49-36(5)35(4)37(6)56(66-49)65-43-27-29-58(9)42(31-43)24-25-44-45(58)28-30-59(10)46(44)32-48(61)51(59)38(7)47(60)26-23-34(3)33-64-57-53(69-55(63)41-21-17-14-18-22-41)52(39(8)50(12-2)67-57)68-54(62)40-19-15-13-16-20-40/h13-22,34-39,42-46,49-53,56-57H,11-12,23-33H2,1-10H3/t34-,35-,36+,37?,38+,39-,42?,43?,44?,45?,46?,49?,50?,51?,52-,53?,56+,57+,58?,59?/m0/s1. The van der Waals surface area contributed by atoms with Crippen molar-refractivity contribution >= 4 is 23.5 Å². The summed E-state index contributed by atoms with van der Waals surface area (Å²) in [6.07, 6.45) is 8.13. The van der Waals surface area contributed by atoms with Crippen LogP contribution in [0.5, 0.6) is 0 Å². The topological polar surface area (TPSA) is 124 Å². The monoisotopic (exact) mass is 953 g/mol. The van der Waals surface area contributed by atoms with Gasteiger partial charge in [0.05, 0.1) is 36.0 Å². The van der Waals surface area contributed by atoms with Crippen LogP contribution in [0.15, 0.2) is 60.7 Å². The Morgan fingerprint density at radius 2 is 1.29 bits per heavy atom. The fourth-order valence-electron chi connectivity index (χ4n) is 14.9. The summed E-state index contributed by atoms with van der Waals surface area (Å²) in [5, 5.41) is 0.